The number of allylic oxidation sites excluding steroid dienone is 1. The van der Waals surface area contributed by atoms with Crippen LogP contribution < -0.4 is 19.5 Å². The molecule has 0 spiro atoms. The number of aromatic nitrogens is 1. The van der Waals surface area contributed by atoms with E-state index in [1.807, 2.05) is 24.3 Å². The van der Waals surface area contributed by atoms with E-state index in [9.17, 15) is 0 Å². The van der Waals surface area contributed by atoms with Crippen LogP contribution in [-0.4, -0.2) is 26.3 Å². The molecular weight excluding hydrogens is 316 g/mol. The average molecular weight is 342 g/mol. The number of hydrogen-bond acceptors (Lipinski definition) is 5. The highest BCUT2D eigenvalue weighted by molar-refractivity contribution is 5.72. The van der Waals surface area contributed by atoms with Crippen molar-refractivity contribution in [3.8, 4) is 17.2 Å². The first-order valence-electron chi connectivity index (χ1n) is 8.42. The van der Waals surface area contributed by atoms with E-state index in [1.54, 1.807) is 27.5 Å². The van der Waals surface area contributed by atoms with E-state index in [0.29, 0.717) is 17.2 Å². The summed E-state index contributed by atoms with van der Waals surface area (Å²) >= 11 is 0. The molecule has 0 amide bonds. The van der Waals surface area contributed by atoms with E-state index in [1.165, 1.54) is 12.8 Å². The predicted octanol–water partition coefficient (Wildman–Crippen LogP) is 5.05. The van der Waals surface area contributed by atoms with Crippen LogP contribution in [0.1, 0.15) is 31.9 Å². The lowest BCUT2D eigenvalue weighted by molar-refractivity contribution is 0.324. The standard InChI is InChI=1S/C20H26N2O3/c1-5-6-7-8-10-16-17(11-9-12-21-16)22-15-13-18(23-2)20(25-4)19(14-15)24-3/h8-14,22H,5-7H2,1-4H3. The number of methoxy groups -OCH3 is 3. The van der Waals surface area contributed by atoms with Gasteiger partial charge in [-0.15, -0.1) is 0 Å². The first kappa shape index (κ1) is 18.6. The molecule has 134 valence electrons. The van der Waals surface area contributed by atoms with Gasteiger partial charge in [-0.25, -0.2) is 0 Å². The second-order valence-electron chi connectivity index (χ2n) is 5.52. The van der Waals surface area contributed by atoms with Crippen LogP contribution in [0, 0.1) is 0 Å². The van der Waals surface area contributed by atoms with E-state index in [2.05, 4.69) is 29.4 Å². The molecule has 0 aliphatic heterocycles. The predicted molar refractivity (Wildman–Crippen MR) is 102 cm³/mol. The highest BCUT2D eigenvalue weighted by Crippen LogP contribution is 2.40. The smallest absolute Gasteiger partial charge is 0.203 e. The molecule has 0 saturated carbocycles. The van der Waals surface area contributed by atoms with Crippen molar-refractivity contribution >= 4 is 17.5 Å². The molecule has 1 heterocycles. The summed E-state index contributed by atoms with van der Waals surface area (Å²) in [6, 6.07) is 7.65. The molecule has 1 aromatic heterocycles. The molecule has 2 aromatic rings. The molecule has 0 unspecified atom stereocenters. The Bertz CT molecular complexity index is 689. The third-order valence-corrected chi connectivity index (χ3v) is 3.78. The van der Waals surface area contributed by atoms with Crippen LogP contribution in [0.15, 0.2) is 36.5 Å². The number of nitrogens with one attached hydrogen (secondary N) is 1. The molecule has 2 rings (SSSR count). The third-order valence-electron chi connectivity index (χ3n) is 3.78. The van der Waals surface area contributed by atoms with Gasteiger partial charge in [0.05, 0.1) is 32.7 Å². The minimum atomic E-state index is 0.571. The number of benzene rings is 1. The van der Waals surface area contributed by atoms with E-state index < -0.39 is 0 Å². The minimum absolute atomic E-state index is 0.571. The van der Waals surface area contributed by atoms with E-state index in [-0.39, 0.29) is 0 Å². The second kappa shape index (κ2) is 9.57. The highest BCUT2D eigenvalue weighted by atomic mass is 16.5. The van der Waals surface area contributed by atoms with Crippen LogP contribution in [-0.2, 0) is 0 Å². The number of anilines is 2. The summed E-state index contributed by atoms with van der Waals surface area (Å²) in [7, 11) is 4.80. The lowest BCUT2D eigenvalue weighted by Gasteiger charge is -2.15. The van der Waals surface area contributed by atoms with Crippen molar-refractivity contribution in [3.63, 3.8) is 0 Å². The zero-order valence-corrected chi connectivity index (χ0v) is 15.3. The molecule has 1 N–H and O–H groups in total. The number of hydrogen-bond donors (Lipinski definition) is 1. The van der Waals surface area contributed by atoms with Crippen LogP contribution in [0.3, 0.4) is 0 Å². The Labute approximate surface area is 149 Å². The van der Waals surface area contributed by atoms with E-state index in [0.717, 1.165) is 23.5 Å². The fourth-order valence-electron chi connectivity index (χ4n) is 2.48. The molecule has 0 aliphatic carbocycles. The minimum Gasteiger partial charge on any atom is -0.493 e. The molecular formula is C20H26N2O3. The van der Waals surface area contributed by atoms with Crippen molar-refractivity contribution in [2.24, 2.45) is 0 Å². The van der Waals surface area contributed by atoms with Gasteiger partial charge >= 0.3 is 0 Å². The number of nitrogens with zero attached hydrogens (tertiary/aromatic N) is 1. The summed E-state index contributed by atoms with van der Waals surface area (Å²) < 4.78 is 16.2. The summed E-state index contributed by atoms with van der Waals surface area (Å²) in [6.07, 6.45) is 9.42. The molecule has 5 nitrogen and oxygen atoms in total. The molecule has 0 bridgehead atoms. The van der Waals surface area contributed by atoms with Gasteiger partial charge in [0.15, 0.2) is 11.5 Å². The summed E-state index contributed by atoms with van der Waals surface area (Å²) in [5, 5.41) is 3.38. The van der Waals surface area contributed by atoms with Crippen molar-refractivity contribution in [1.29, 1.82) is 0 Å². The number of unbranched alkanes of at least 4 members (excludes halogenated alkanes) is 2. The lowest BCUT2D eigenvalue weighted by atomic mass is 10.2. The van der Waals surface area contributed by atoms with Crippen molar-refractivity contribution in [2.75, 3.05) is 26.6 Å². The van der Waals surface area contributed by atoms with Gasteiger partial charge in [-0.2, -0.15) is 0 Å². The van der Waals surface area contributed by atoms with Gasteiger partial charge in [0.25, 0.3) is 0 Å². The van der Waals surface area contributed by atoms with Gasteiger partial charge in [0.1, 0.15) is 0 Å². The van der Waals surface area contributed by atoms with Gasteiger partial charge in [0.2, 0.25) is 5.75 Å². The first-order chi connectivity index (χ1) is 12.2. The third kappa shape index (κ3) is 4.89. The van der Waals surface area contributed by atoms with Crippen LogP contribution in [0.25, 0.3) is 6.08 Å². The fraction of sp³-hybridized carbons (Fsp3) is 0.350. The SMILES string of the molecule is CCCCC=Cc1ncccc1Nc1cc(OC)c(OC)c(OC)c1. The summed E-state index contributed by atoms with van der Waals surface area (Å²) in [5.41, 5.74) is 2.66. The first-order valence-corrected chi connectivity index (χ1v) is 8.42. The molecule has 1 aromatic carbocycles. The van der Waals surface area contributed by atoms with Crippen molar-refractivity contribution < 1.29 is 14.2 Å². The quantitative estimate of drug-likeness (QED) is 0.646. The number of rotatable bonds is 9. The van der Waals surface area contributed by atoms with Crippen LogP contribution in [0.5, 0.6) is 17.2 Å². The molecule has 0 aliphatic rings. The van der Waals surface area contributed by atoms with Crippen molar-refractivity contribution in [1.82, 2.24) is 4.98 Å². The number of pyridine rings is 1. The lowest BCUT2D eigenvalue weighted by Crippen LogP contribution is -1.99. The van der Waals surface area contributed by atoms with Gasteiger partial charge in [-0.1, -0.05) is 25.8 Å². The zero-order chi connectivity index (χ0) is 18.1. The van der Waals surface area contributed by atoms with Crippen LogP contribution in [0.4, 0.5) is 11.4 Å². The van der Waals surface area contributed by atoms with E-state index >= 15 is 0 Å². The fourth-order valence-corrected chi connectivity index (χ4v) is 2.48. The molecule has 0 atom stereocenters. The average Bonchev–Trinajstić information content (AvgIpc) is 2.65. The van der Waals surface area contributed by atoms with Gasteiger partial charge in [0, 0.05) is 24.0 Å². The Morgan fingerprint density at radius 2 is 1.80 bits per heavy atom. The Morgan fingerprint density at radius 3 is 2.40 bits per heavy atom. The highest BCUT2D eigenvalue weighted by Gasteiger charge is 2.13. The maximum atomic E-state index is 5.40. The van der Waals surface area contributed by atoms with Crippen LogP contribution in [0.2, 0.25) is 0 Å². The normalized spacial score (nSPS) is 10.7. The van der Waals surface area contributed by atoms with Crippen molar-refractivity contribution in [2.45, 2.75) is 26.2 Å². The molecule has 0 fully saturated rings. The van der Waals surface area contributed by atoms with E-state index in [4.69, 9.17) is 14.2 Å². The Balaban J connectivity index is 2.29. The Kier molecular flexibility index (Phi) is 7.14. The van der Waals surface area contributed by atoms with Crippen molar-refractivity contribution in [3.05, 3.63) is 42.2 Å². The van der Waals surface area contributed by atoms with Crippen LogP contribution >= 0.6 is 0 Å². The summed E-state index contributed by atoms with van der Waals surface area (Å²) in [6.45, 7) is 2.19. The van der Waals surface area contributed by atoms with Gasteiger partial charge in [-0.05, 0) is 24.6 Å². The molecule has 0 radical (unpaired) electrons. The largest absolute Gasteiger partial charge is 0.493 e. The monoisotopic (exact) mass is 342 g/mol. The molecule has 25 heavy (non-hydrogen) atoms. The zero-order valence-electron chi connectivity index (χ0n) is 15.3. The maximum Gasteiger partial charge on any atom is 0.203 e. The molecule has 5 heteroatoms. The summed E-state index contributed by atoms with van der Waals surface area (Å²) in [4.78, 5) is 4.45. The topological polar surface area (TPSA) is 52.6 Å². The Morgan fingerprint density at radius 1 is 1.08 bits per heavy atom. The molecule has 0 saturated heterocycles. The summed E-state index contributed by atoms with van der Waals surface area (Å²) in [5.74, 6) is 1.78. The Hall–Kier alpha value is -2.69. The second-order valence-corrected chi connectivity index (χ2v) is 5.52. The number of ether oxygens (including phenoxy) is 3. The maximum absolute atomic E-state index is 5.40. The van der Waals surface area contributed by atoms with Gasteiger partial charge < -0.3 is 19.5 Å². The van der Waals surface area contributed by atoms with Gasteiger partial charge in [-0.3, -0.25) is 4.98 Å².